The maximum atomic E-state index is 13.6. The van der Waals surface area contributed by atoms with Crippen LogP contribution >= 0.6 is 0 Å². The largest absolute Gasteiger partial charge is 0.416 e. The molecular weight excluding hydrogens is 308 g/mol. The van der Waals surface area contributed by atoms with Gasteiger partial charge in [-0.05, 0) is 49.6 Å². The molecule has 0 amide bonds. The Morgan fingerprint density at radius 2 is 1.78 bits per heavy atom. The first-order chi connectivity index (χ1) is 10.9. The van der Waals surface area contributed by atoms with Crippen LogP contribution in [-0.2, 0) is 12.7 Å². The molecule has 1 N–H and O–H groups in total. The predicted molar refractivity (Wildman–Crippen MR) is 80.5 cm³/mol. The molecule has 1 saturated carbocycles. The van der Waals surface area contributed by atoms with Crippen LogP contribution in [-0.4, -0.2) is 30.1 Å². The lowest BCUT2D eigenvalue weighted by Crippen LogP contribution is -2.42. The zero-order chi connectivity index (χ0) is 16.4. The first-order valence-corrected chi connectivity index (χ1v) is 8.26. The molecule has 1 heterocycles. The molecular formula is C17H22F4N2. The summed E-state index contributed by atoms with van der Waals surface area (Å²) in [5, 5.41) is 3.31. The van der Waals surface area contributed by atoms with Crippen LogP contribution in [0.25, 0.3) is 0 Å². The van der Waals surface area contributed by atoms with E-state index in [2.05, 4.69) is 10.2 Å². The third-order valence-corrected chi connectivity index (χ3v) is 4.95. The molecule has 2 aliphatic rings. The van der Waals surface area contributed by atoms with Crippen molar-refractivity contribution in [3.05, 3.63) is 35.1 Å². The molecule has 23 heavy (non-hydrogen) atoms. The van der Waals surface area contributed by atoms with E-state index in [0.29, 0.717) is 30.3 Å². The number of benzene rings is 1. The molecule has 0 aromatic heterocycles. The molecule has 1 aromatic rings. The molecule has 0 spiro atoms. The van der Waals surface area contributed by atoms with Gasteiger partial charge < -0.3 is 5.32 Å². The topological polar surface area (TPSA) is 15.3 Å². The Balaban J connectivity index is 1.82. The molecule has 2 fully saturated rings. The van der Waals surface area contributed by atoms with Gasteiger partial charge in [-0.3, -0.25) is 4.90 Å². The number of nitrogens with zero attached hydrogens (tertiary/aromatic N) is 1. The van der Waals surface area contributed by atoms with Gasteiger partial charge in [-0.2, -0.15) is 13.2 Å². The van der Waals surface area contributed by atoms with E-state index < -0.39 is 17.6 Å². The van der Waals surface area contributed by atoms with Crippen LogP contribution < -0.4 is 5.32 Å². The van der Waals surface area contributed by atoms with Crippen LogP contribution in [0, 0.1) is 5.82 Å². The quantitative estimate of drug-likeness (QED) is 0.841. The number of hydrogen-bond acceptors (Lipinski definition) is 2. The van der Waals surface area contributed by atoms with Gasteiger partial charge in [0, 0.05) is 25.2 Å². The molecule has 0 bridgehead atoms. The summed E-state index contributed by atoms with van der Waals surface area (Å²) in [6.45, 7) is 2.18. The van der Waals surface area contributed by atoms with E-state index in [1.165, 1.54) is 6.07 Å². The Labute approximate surface area is 133 Å². The monoisotopic (exact) mass is 330 g/mol. The zero-order valence-electron chi connectivity index (χ0n) is 13.0. The fourth-order valence-corrected chi connectivity index (χ4v) is 3.83. The first kappa shape index (κ1) is 16.7. The fraction of sp³-hybridized carbons (Fsp3) is 0.647. The molecule has 1 saturated heterocycles. The van der Waals surface area contributed by atoms with E-state index in [1.807, 2.05) is 0 Å². The van der Waals surface area contributed by atoms with Crippen molar-refractivity contribution in [3.63, 3.8) is 0 Å². The van der Waals surface area contributed by atoms with Gasteiger partial charge in [0.2, 0.25) is 0 Å². The minimum Gasteiger partial charge on any atom is -0.315 e. The second-order valence-electron chi connectivity index (χ2n) is 6.60. The van der Waals surface area contributed by atoms with Crippen LogP contribution in [0.4, 0.5) is 17.6 Å². The van der Waals surface area contributed by atoms with Crippen LogP contribution in [0.1, 0.15) is 43.2 Å². The van der Waals surface area contributed by atoms with E-state index in [0.717, 1.165) is 51.3 Å². The minimum absolute atomic E-state index is 0.329. The molecule has 2 nitrogen and oxygen atoms in total. The normalized spacial score (nSPS) is 23.1. The number of nitrogens with one attached hydrogen (secondary N) is 1. The summed E-state index contributed by atoms with van der Waals surface area (Å²) in [4.78, 5) is 2.29. The summed E-state index contributed by atoms with van der Waals surface area (Å²) in [5.41, 5.74) is -0.487. The van der Waals surface area contributed by atoms with Crippen molar-refractivity contribution >= 4 is 0 Å². The van der Waals surface area contributed by atoms with Gasteiger partial charge in [0.15, 0.2) is 0 Å². The summed E-state index contributed by atoms with van der Waals surface area (Å²) in [5.74, 6) is -0.814. The van der Waals surface area contributed by atoms with Gasteiger partial charge in [0.1, 0.15) is 5.82 Å². The average molecular weight is 330 g/mol. The van der Waals surface area contributed by atoms with Crippen LogP contribution in [0.3, 0.4) is 0 Å². The molecule has 1 atom stereocenters. The van der Waals surface area contributed by atoms with Crippen molar-refractivity contribution in [3.8, 4) is 0 Å². The predicted octanol–water partition coefficient (Wildman–Crippen LogP) is 3.95. The summed E-state index contributed by atoms with van der Waals surface area (Å²) in [7, 11) is 0. The fourth-order valence-electron chi connectivity index (χ4n) is 3.83. The standard InChI is InChI=1S/C17H22F4N2/c18-14-8-12(7-13(9-14)17(19,20)21)11-23(15-3-1-2-4-15)16-5-6-22-10-16/h7-9,15-16,22H,1-6,10-11H2/t16-/m0/s1. The van der Waals surface area contributed by atoms with Crippen molar-refractivity contribution in [1.82, 2.24) is 10.2 Å². The summed E-state index contributed by atoms with van der Waals surface area (Å²) >= 11 is 0. The highest BCUT2D eigenvalue weighted by Crippen LogP contribution is 2.32. The lowest BCUT2D eigenvalue weighted by molar-refractivity contribution is -0.137. The highest BCUT2D eigenvalue weighted by Gasteiger charge is 2.33. The lowest BCUT2D eigenvalue weighted by atomic mass is 10.0. The summed E-state index contributed by atoms with van der Waals surface area (Å²) < 4.78 is 52.3. The van der Waals surface area contributed by atoms with Crippen LogP contribution in [0.2, 0.25) is 0 Å². The van der Waals surface area contributed by atoms with Crippen molar-refractivity contribution in [1.29, 1.82) is 0 Å². The highest BCUT2D eigenvalue weighted by atomic mass is 19.4. The third kappa shape index (κ3) is 4.04. The number of halogens is 4. The second-order valence-corrected chi connectivity index (χ2v) is 6.60. The van der Waals surface area contributed by atoms with E-state index in [1.54, 1.807) is 0 Å². The molecule has 6 heteroatoms. The SMILES string of the molecule is Fc1cc(CN(C2CCCC2)[C@H]2CCNC2)cc(C(F)(F)F)c1. The van der Waals surface area contributed by atoms with Gasteiger partial charge in [0.05, 0.1) is 5.56 Å². The van der Waals surface area contributed by atoms with Gasteiger partial charge in [-0.25, -0.2) is 4.39 Å². The molecule has 0 radical (unpaired) electrons. The van der Waals surface area contributed by atoms with E-state index in [9.17, 15) is 17.6 Å². The van der Waals surface area contributed by atoms with E-state index in [-0.39, 0.29) is 0 Å². The maximum Gasteiger partial charge on any atom is 0.416 e. The minimum atomic E-state index is -4.51. The molecule has 1 aliphatic carbocycles. The van der Waals surface area contributed by atoms with E-state index in [4.69, 9.17) is 0 Å². The molecule has 128 valence electrons. The Morgan fingerprint density at radius 1 is 1.04 bits per heavy atom. The Kier molecular flexibility index (Phi) is 4.92. The van der Waals surface area contributed by atoms with Crippen molar-refractivity contribution < 1.29 is 17.6 Å². The molecule has 1 aromatic carbocycles. The highest BCUT2D eigenvalue weighted by molar-refractivity contribution is 5.27. The summed E-state index contributed by atoms with van der Waals surface area (Å²) in [6, 6.07) is 3.63. The molecule has 0 unspecified atom stereocenters. The number of hydrogen-bond donors (Lipinski definition) is 1. The third-order valence-electron chi connectivity index (χ3n) is 4.95. The average Bonchev–Trinajstić information content (AvgIpc) is 3.17. The second kappa shape index (κ2) is 6.77. The van der Waals surface area contributed by atoms with E-state index >= 15 is 0 Å². The smallest absolute Gasteiger partial charge is 0.315 e. The van der Waals surface area contributed by atoms with Crippen LogP contribution in [0.5, 0.6) is 0 Å². The molecule has 3 rings (SSSR count). The molecule has 1 aliphatic heterocycles. The van der Waals surface area contributed by atoms with Gasteiger partial charge in [-0.15, -0.1) is 0 Å². The van der Waals surface area contributed by atoms with Gasteiger partial charge in [0.25, 0.3) is 0 Å². The van der Waals surface area contributed by atoms with Crippen LogP contribution in [0.15, 0.2) is 18.2 Å². The van der Waals surface area contributed by atoms with Crippen molar-refractivity contribution in [2.24, 2.45) is 0 Å². The Bertz CT molecular complexity index is 516. The Hall–Kier alpha value is -1.14. The summed E-state index contributed by atoms with van der Waals surface area (Å²) in [6.07, 6.45) is 0.980. The number of alkyl halides is 3. The zero-order valence-corrected chi connectivity index (χ0v) is 13.0. The maximum absolute atomic E-state index is 13.6. The van der Waals surface area contributed by atoms with Gasteiger partial charge in [-0.1, -0.05) is 12.8 Å². The number of rotatable bonds is 4. The lowest BCUT2D eigenvalue weighted by Gasteiger charge is -2.34. The Morgan fingerprint density at radius 3 is 2.39 bits per heavy atom. The van der Waals surface area contributed by atoms with Crippen molar-refractivity contribution in [2.75, 3.05) is 13.1 Å². The first-order valence-electron chi connectivity index (χ1n) is 8.26. The van der Waals surface area contributed by atoms with Crippen molar-refractivity contribution in [2.45, 2.75) is 56.9 Å². The van der Waals surface area contributed by atoms with Gasteiger partial charge >= 0.3 is 6.18 Å².